The van der Waals surface area contributed by atoms with Crippen LogP contribution in [0, 0.1) is 11.8 Å². The van der Waals surface area contributed by atoms with Gasteiger partial charge in [0.1, 0.15) is 0 Å². The molecule has 1 rings (SSSR count). The van der Waals surface area contributed by atoms with Crippen LogP contribution in [-0.2, 0) is 0 Å². The second-order valence-electron chi connectivity index (χ2n) is 4.32. The average molecular weight is 182 g/mol. The van der Waals surface area contributed by atoms with Gasteiger partial charge in [-0.3, -0.25) is 0 Å². The highest BCUT2D eigenvalue weighted by Crippen LogP contribution is 2.31. The molecule has 1 fully saturated rings. The summed E-state index contributed by atoms with van der Waals surface area (Å²) in [5.74, 6) is 1.01. The largest absolute Gasteiger partial charge is 0.393 e. The Bertz CT molecular complexity index is 157. The van der Waals surface area contributed by atoms with E-state index in [1.165, 1.54) is 25.7 Å². The van der Waals surface area contributed by atoms with Crippen molar-refractivity contribution in [2.75, 3.05) is 0 Å². The summed E-state index contributed by atoms with van der Waals surface area (Å²) in [5.41, 5.74) is 0. The molecule has 0 amide bonds. The maximum Gasteiger partial charge on any atom is 0.0596 e. The van der Waals surface area contributed by atoms with E-state index in [9.17, 15) is 5.11 Å². The maximum absolute atomic E-state index is 10.0. The monoisotopic (exact) mass is 182 g/mol. The summed E-state index contributed by atoms with van der Waals surface area (Å²) in [7, 11) is 0. The smallest absolute Gasteiger partial charge is 0.0596 e. The second-order valence-corrected chi connectivity index (χ2v) is 4.32. The molecule has 0 aromatic rings. The second kappa shape index (κ2) is 5.43. The standard InChI is InChI=1S/C12H22O/c1-3-4-7-10(2)12(13)11-8-5-6-9-11/h3-4,10-13H,5-9H2,1-2H3/b4-3+. The van der Waals surface area contributed by atoms with Crippen molar-refractivity contribution in [3.63, 3.8) is 0 Å². The molecule has 0 radical (unpaired) electrons. The number of rotatable bonds is 4. The summed E-state index contributed by atoms with van der Waals surface area (Å²) in [6, 6.07) is 0. The van der Waals surface area contributed by atoms with Crippen molar-refractivity contribution in [1.29, 1.82) is 0 Å². The minimum absolute atomic E-state index is 0.0706. The van der Waals surface area contributed by atoms with E-state index in [2.05, 4.69) is 19.1 Å². The third kappa shape index (κ3) is 3.15. The van der Waals surface area contributed by atoms with Crippen LogP contribution < -0.4 is 0 Å². The van der Waals surface area contributed by atoms with Crippen molar-refractivity contribution >= 4 is 0 Å². The van der Waals surface area contributed by atoms with Crippen molar-refractivity contribution in [3.05, 3.63) is 12.2 Å². The van der Waals surface area contributed by atoms with E-state index in [-0.39, 0.29) is 6.10 Å². The molecule has 1 nitrogen and oxygen atoms in total. The number of aliphatic hydroxyl groups excluding tert-OH is 1. The Morgan fingerprint density at radius 2 is 2.00 bits per heavy atom. The highest BCUT2D eigenvalue weighted by Gasteiger charge is 2.26. The first-order valence-corrected chi connectivity index (χ1v) is 5.55. The zero-order valence-electron chi connectivity index (χ0n) is 8.87. The van der Waals surface area contributed by atoms with E-state index < -0.39 is 0 Å². The molecule has 0 spiro atoms. The lowest BCUT2D eigenvalue weighted by Gasteiger charge is -2.23. The van der Waals surface area contributed by atoms with E-state index in [1.54, 1.807) is 0 Å². The van der Waals surface area contributed by atoms with Gasteiger partial charge >= 0.3 is 0 Å². The molecule has 1 aliphatic rings. The lowest BCUT2D eigenvalue weighted by atomic mass is 9.89. The summed E-state index contributed by atoms with van der Waals surface area (Å²) in [6.07, 6.45) is 10.3. The van der Waals surface area contributed by atoms with Gasteiger partial charge in [-0.15, -0.1) is 0 Å². The molecule has 1 N–H and O–H groups in total. The van der Waals surface area contributed by atoms with Crippen molar-refractivity contribution in [2.45, 2.75) is 52.1 Å². The molecule has 0 aliphatic heterocycles. The molecule has 2 atom stereocenters. The van der Waals surface area contributed by atoms with Gasteiger partial charge in [0.25, 0.3) is 0 Å². The molecule has 1 heteroatoms. The van der Waals surface area contributed by atoms with Crippen LogP contribution in [0.1, 0.15) is 46.0 Å². The Morgan fingerprint density at radius 3 is 2.54 bits per heavy atom. The van der Waals surface area contributed by atoms with Gasteiger partial charge in [-0.05, 0) is 38.0 Å². The predicted octanol–water partition coefficient (Wildman–Crippen LogP) is 3.14. The number of hydrogen-bond acceptors (Lipinski definition) is 1. The van der Waals surface area contributed by atoms with Crippen LogP contribution in [0.25, 0.3) is 0 Å². The van der Waals surface area contributed by atoms with Gasteiger partial charge in [-0.1, -0.05) is 31.9 Å². The Morgan fingerprint density at radius 1 is 1.38 bits per heavy atom. The van der Waals surface area contributed by atoms with Crippen LogP contribution in [0.5, 0.6) is 0 Å². The quantitative estimate of drug-likeness (QED) is 0.662. The van der Waals surface area contributed by atoms with Crippen LogP contribution in [0.3, 0.4) is 0 Å². The Hall–Kier alpha value is -0.300. The van der Waals surface area contributed by atoms with Gasteiger partial charge in [0.2, 0.25) is 0 Å². The summed E-state index contributed by atoms with van der Waals surface area (Å²) in [6.45, 7) is 4.19. The van der Waals surface area contributed by atoms with Gasteiger partial charge in [0, 0.05) is 0 Å². The van der Waals surface area contributed by atoms with Crippen LogP contribution in [0.4, 0.5) is 0 Å². The predicted molar refractivity (Wildman–Crippen MR) is 56.6 cm³/mol. The minimum Gasteiger partial charge on any atom is -0.393 e. The summed E-state index contributed by atoms with van der Waals surface area (Å²) in [5, 5.41) is 10.0. The molecule has 0 heterocycles. The Balaban J connectivity index is 2.31. The molecule has 13 heavy (non-hydrogen) atoms. The third-order valence-electron chi connectivity index (χ3n) is 3.21. The molecular weight excluding hydrogens is 160 g/mol. The van der Waals surface area contributed by atoms with Crippen LogP contribution in [-0.4, -0.2) is 11.2 Å². The minimum atomic E-state index is -0.0706. The maximum atomic E-state index is 10.0. The first-order chi connectivity index (χ1) is 6.25. The molecule has 1 aliphatic carbocycles. The normalized spacial score (nSPS) is 23.9. The van der Waals surface area contributed by atoms with Crippen LogP contribution in [0.2, 0.25) is 0 Å². The van der Waals surface area contributed by atoms with Gasteiger partial charge in [0.05, 0.1) is 6.10 Å². The number of aliphatic hydroxyl groups is 1. The lowest BCUT2D eigenvalue weighted by molar-refractivity contribution is 0.0611. The first-order valence-electron chi connectivity index (χ1n) is 5.55. The van der Waals surface area contributed by atoms with Crippen molar-refractivity contribution in [3.8, 4) is 0 Å². The Labute approximate surface area is 81.9 Å². The highest BCUT2D eigenvalue weighted by molar-refractivity contribution is 4.85. The van der Waals surface area contributed by atoms with E-state index >= 15 is 0 Å². The molecular formula is C12H22O. The van der Waals surface area contributed by atoms with Crippen molar-refractivity contribution in [2.24, 2.45) is 11.8 Å². The Kier molecular flexibility index (Phi) is 4.51. The van der Waals surface area contributed by atoms with Crippen LogP contribution in [0.15, 0.2) is 12.2 Å². The van der Waals surface area contributed by atoms with Crippen LogP contribution >= 0.6 is 0 Å². The molecule has 0 bridgehead atoms. The summed E-state index contributed by atoms with van der Waals surface area (Å²) >= 11 is 0. The van der Waals surface area contributed by atoms with E-state index in [0.717, 1.165) is 6.42 Å². The third-order valence-corrected chi connectivity index (χ3v) is 3.21. The molecule has 0 saturated heterocycles. The van der Waals surface area contributed by atoms with Crippen molar-refractivity contribution < 1.29 is 5.11 Å². The first kappa shape index (κ1) is 10.8. The van der Waals surface area contributed by atoms with E-state index in [4.69, 9.17) is 0 Å². The molecule has 76 valence electrons. The van der Waals surface area contributed by atoms with E-state index in [0.29, 0.717) is 11.8 Å². The fourth-order valence-electron chi connectivity index (χ4n) is 2.25. The summed E-state index contributed by atoms with van der Waals surface area (Å²) < 4.78 is 0. The average Bonchev–Trinajstić information content (AvgIpc) is 2.65. The summed E-state index contributed by atoms with van der Waals surface area (Å²) in [4.78, 5) is 0. The van der Waals surface area contributed by atoms with Crippen molar-refractivity contribution in [1.82, 2.24) is 0 Å². The number of allylic oxidation sites excluding steroid dienone is 2. The van der Waals surface area contributed by atoms with Gasteiger partial charge in [-0.2, -0.15) is 0 Å². The van der Waals surface area contributed by atoms with Gasteiger partial charge in [0.15, 0.2) is 0 Å². The molecule has 0 aromatic carbocycles. The van der Waals surface area contributed by atoms with Gasteiger partial charge in [-0.25, -0.2) is 0 Å². The molecule has 2 unspecified atom stereocenters. The topological polar surface area (TPSA) is 20.2 Å². The highest BCUT2D eigenvalue weighted by atomic mass is 16.3. The molecule has 0 aromatic heterocycles. The zero-order chi connectivity index (χ0) is 9.68. The zero-order valence-corrected chi connectivity index (χ0v) is 8.87. The fourth-order valence-corrected chi connectivity index (χ4v) is 2.25. The lowest BCUT2D eigenvalue weighted by Crippen LogP contribution is -2.25. The fraction of sp³-hybridized carbons (Fsp3) is 0.833. The van der Waals surface area contributed by atoms with Gasteiger partial charge < -0.3 is 5.11 Å². The SMILES string of the molecule is C/C=C/CC(C)C(O)C1CCCC1. The number of hydrogen-bond donors (Lipinski definition) is 1. The molecule has 1 saturated carbocycles. The van der Waals surface area contributed by atoms with E-state index in [1.807, 2.05) is 6.92 Å².